The van der Waals surface area contributed by atoms with E-state index in [0.717, 1.165) is 6.42 Å². The summed E-state index contributed by atoms with van der Waals surface area (Å²) in [4.78, 5) is 11.6. The topological polar surface area (TPSA) is 55.1 Å². The van der Waals surface area contributed by atoms with E-state index in [4.69, 9.17) is 5.73 Å². The molecule has 3 nitrogen and oxygen atoms in total. The van der Waals surface area contributed by atoms with Crippen molar-refractivity contribution in [3.8, 4) is 0 Å². The van der Waals surface area contributed by atoms with Gasteiger partial charge in [0.2, 0.25) is 5.91 Å². The van der Waals surface area contributed by atoms with Gasteiger partial charge in [0.25, 0.3) is 0 Å². The molecule has 0 heterocycles. The minimum Gasteiger partial charge on any atom is -0.352 e. The average molecular weight is 417 g/mol. The Bertz CT molecular complexity index is 503. The summed E-state index contributed by atoms with van der Waals surface area (Å²) in [7, 11) is 0. The fourth-order valence-corrected chi connectivity index (χ4v) is 3.96. The Morgan fingerprint density at radius 2 is 1.17 bits per heavy atom. The summed E-state index contributed by atoms with van der Waals surface area (Å²) in [5.74, 6) is 0.153. The average Bonchev–Trinajstić information content (AvgIpc) is 2.76. The number of rotatable bonds is 20. The molecule has 0 saturated heterocycles. The second kappa shape index (κ2) is 19.6. The molecule has 0 aliphatic carbocycles. The zero-order valence-electron chi connectivity index (χ0n) is 19.7. The fourth-order valence-electron chi connectivity index (χ4n) is 3.96. The maximum atomic E-state index is 11.6. The quantitative estimate of drug-likeness (QED) is 0.226. The van der Waals surface area contributed by atoms with Crippen LogP contribution in [0.2, 0.25) is 0 Å². The van der Waals surface area contributed by atoms with Crippen molar-refractivity contribution < 1.29 is 4.79 Å². The van der Waals surface area contributed by atoms with Crippen LogP contribution in [0.1, 0.15) is 115 Å². The monoisotopic (exact) mass is 416 g/mol. The summed E-state index contributed by atoms with van der Waals surface area (Å²) < 4.78 is 0. The Kier molecular flexibility index (Phi) is 17.4. The molecule has 1 aromatic rings. The lowest BCUT2D eigenvalue weighted by Gasteiger charge is -2.10. The number of unbranched alkanes of at least 4 members (excludes halogenated alkanes) is 14. The van der Waals surface area contributed by atoms with Crippen LogP contribution in [0.5, 0.6) is 0 Å². The molecule has 3 heteroatoms. The van der Waals surface area contributed by atoms with Crippen molar-refractivity contribution in [1.82, 2.24) is 5.32 Å². The first-order chi connectivity index (χ1) is 14.7. The molecule has 172 valence electrons. The van der Waals surface area contributed by atoms with Crippen LogP contribution < -0.4 is 11.1 Å². The molecule has 0 saturated carbocycles. The van der Waals surface area contributed by atoms with E-state index in [2.05, 4.69) is 35.6 Å². The van der Waals surface area contributed by atoms with Crippen LogP contribution in [0.15, 0.2) is 30.3 Å². The minimum absolute atomic E-state index is 0.0995. The molecule has 1 aromatic carbocycles. The molecule has 1 atom stereocenters. The van der Waals surface area contributed by atoms with Gasteiger partial charge in [-0.25, -0.2) is 0 Å². The van der Waals surface area contributed by atoms with Crippen molar-refractivity contribution in [2.75, 3.05) is 6.54 Å². The highest BCUT2D eigenvalue weighted by Crippen LogP contribution is 2.14. The van der Waals surface area contributed by atoms with Gasteiger partial charge in [-0.2, -0.15) is 0 Å². The van der Waals surface area contributed by atoms with Gasteiger partial charge in [-0.1, -0.05) is 114 Å². The molecule has 0 aromatic heterocycles. The summed E-state index contributed by atoms with van der Waals surface area (Å²) in [6, 6.07) is 11.0. The van der Waals surface area contributed by atoms with Crippen LogP contribution in [0.3, 0.4) is 0 Å². The van der Waals surface area contributed by atoms with Gasteiger partial charge in [0.05, 0.1) is 0 Å². The van der Waals surface area contributed by atoms with Gasteiger partial charge < -0.3 is 11.1 Å². The predicted molar refractivity (Wildman–Crippen MR) is 131 cm³/mol. The SMILES string of the molecule is CC(CN)NC(=O)CCCCCCCCCCCCCCCCCc1ccccc1. The fraction of sp³-hybridized carbons (Fsp3) is 0.741. The van der Waals surface area contributed by atoms with Crippen molar-refractivity contribution in [3.05, 3.63) is 35.9 Å². The number of aryl methyl sites for hydroxylation is 1. The van der Waals surface area contributed by atoms with E-state index in [0.29, 0.717) is 13.0 Å². The van der Waals surface area contributed by atoms with Gasteiger partial charge in [0.1, 0.15) is 0 Å². The molecule has 1 rings (SSSR count). The zero-order chi connectivity index (χ0) is 21.7. The number of hydrogen-bond acceptors (Lipinski definition) is 2. The normalized spacial score (nSPS) is 12.1. The number of nitrogens with one attached hydrogen (secondary N) is 1. The minimum atomic E-state index is 0.0995. The largest absolute Gasteiger partial charge is 0.352 e. The van der Waals surface area contributed by atoms with Crippen LogP contribution in [0.4, 0.5) is 0 Å². The number of benzene rings is 1. The lowest BCUT2D eigenvalue weighted by molar-refractivity contribution is -0.121. The highest BCUT2D eigenvalue weighted by atomic mass is 16.1. The predicted octanol–water partition coefficient (Wildman–Crippen LogP) is 6.93. The van der Waals surface area contributed by atoms with Crippen LogP contribution in [0, 0.1) is 0 Å². The van der Waals surface area contributed by atoms with E-state index in [1.54, 1.807) is 0 Å². The molecule has 1 unspecified atom stereocenters. The maximum Gasteiger partial charge on any atom is 0.220 e. The lowest BCUT2D eigenvalue weighted by atomic mass is 10.0. The zero-order valence-corrected chi connectivity index (χ0v) is 19.7. The summed E-state index contributed by atoms with van der Waals surface area (Å²) in [6.45, 7) is 2.47. The molecule has 30 heavy (non-hydrogen) atoms. The molecule has 0 aliphatic heterocycles. The Labute approximate surface area is 186 Å². The summed E-state index contributed by atoms with van der Waals surface area (Å²) in [5, 5.41) is 2.92. The molecule has 0 aliphatic rings. The lowest BCUT2D eigenvalue weighted by Crippen LogP contribution is -2.37. The smallest absolute Gasteiger partial charge is 0.220 e. The molecule has 0 radical (unpaired) electrons. The van der Waals surface area contributed by atoms with Crippen molar-refractivity contribution in [2.45, 2.75) is 122 Å². The van der Waals surface area contributed by atoms with Crippen LogP contribution in [-0.4, -0.2) is 18.5 Å². The highest BCUT2D eigenvalue weighted by Gasteiger charge is 2.04. The van der Waals surface area contributed by atoms with Crippen molar-refractivity contribution in [3.63, 3.8) is 0 Å². The van der Waals surface area contributed by atoms with Gasteiger partial charge in [-0.15, -0.1) is 0 Å². The number of hydrogen-bond donors (Lipinski definition) is 2. The van der Waals surface area contributed by atoms with Crippen LogP contribution >= 0.6 is 0 Å². The molecular weight excluding hydrogens is 368 g/mol. The molecule has 0 bridgehead atoms. The molecule has 0 spiro atoms. The molecule has 3 N–H and O–H groups in total. The highest BCUT2D eigenvalue weighted by molar-refractivity contribution is 5.76. The van der Waals surface area contributed by atoms with E-state index >= 15 is 0 Å². The third-order valence-electron chi connectivity index (χ3n) is 5.97. The van der Waals surface area contributed by atoms with E-state index in [-0.39, 0.29) is 11.9 Å². The van der Waals surface area contributed by atoms with Crippen molar-refractivity contribution >= 4 is 5.91 Å². The maximum absolute atomic E-state index is 11.6. The molecular formula is C27H48N2O. The number of carbonyl (C=O) groups excluding carboxylic acids is 1. The van der Waals surface area contributed by atoms with Gasteiger partial charge in [-0.3, -0.25) is 4.79 Å². The van der Waals surface area contributed by atoms with E-state index in [1.807, 2.05) is 6.92 Å². The van der Waals surface area contributed by atoms with E-state index in [9.17, 15) is 4.79 Å². The Balaban J connectivity index is 1.72. The van der Waals surface area contributed by atoms with Gasteiger partial charge in [0.15, 0.2) is 0 Å². The Morgan fingerprint density at radius 1 is 0.733 bits per heavy atom. The number of carbonyl (C=O) groups is 1. The summed E-state index contributed by atoms with van der Waals surface area (Å²) in [6.07, 6.45) is 22.0. The first-order valence-corrected chi connectivity index (χ1v) is 12.8. The Hall–Kier alpha value is -1.35. The first kappa shape index (κ1) is 26.7. The second-order valence-corrected chi connectivity index (χ2v) is 8.99. The third-order valence-corrected chi connectivity index (χ3v) is 5.97. The van der Waals surface area contributed by atoms with Gasteiger partial charge >= 0.3 is 0 Å². The summed E-state index contributed by atoms with van der Waals surface area (Å²) >= 11 is 0. The molecule has 1 amide bonds. The number of nitrogens with two attached hydrogens (primary N) is 1. The standard InChI is InChI=1S/C27H48N2O/c1-25(24-28)29-27(30)23-19-14-12-10-8-6-4-2-3-5-7-9-11-13-16-20-26-21-17-15-18-22-26/h15,17-18,21-22,25H,2-14,16,19-20,23-24,28H2,1H3,(H,29,30). The third kappa shape index (κ3) is 16.4. The van der Waals surface area contributed by atoms with Gasteiger partial charge in [-0.05, 0) is 31.7 Å². The number of amides is 1. The van der Waals surface area contributed by atoms with Crippen molar-refractivity contribution in [1.29, 1.82) is 0 Å². The first-order valence-electron chi connectivity index (χ1n) is 12.8. The Morgan fingerprint density at radius 3 is 1.63 bits per heavy atom. The van der Waals surface area contributed by atoms with Crippen LogP contribution in [0.25, 0.3) is 0 Å². The summed E-state index contributed by atoms with van der Waals surface area (Å²) in [5.41, 5.74) is 7.00. The van der Waals surface area contributed by atoms with Crippen LogP contribution in [-0.2, 0) is 11.2 Å². The molecule has 0 fully saturated rings. The second-order valence-electron chi connectivity index (χ2n) is 8.99. The van der Waals surface area contributed by atoms with E-state index in [1.165, 1.54) is 102 Å². The van der Waals surface area contributed by atoms with Crippen molar-refractivity contribution in [2.24, 2.45) is 5.73 Å². The van der Waals surface area contributed by atoms with Gasteiger partial charge in [0, 0.05) is 19.0 Å². The van der Waals surface area contributed by atoms with E-state index < -0.39 is 0 Å².